The molecular formula is C11H21ClN4O2S. The molecule has 0 bridgehead atoms. The quantitative estimate of drug-likeness (QED) is 0.815. The molecule has 0 saturated heterocycles. The molecule has 1 aromatic heterocycles. The molecular weight excluding hydrogens is 288 g/mol. The van der Waals surface area contributed by atoms with Crippen LogP contribution in [-0.2, 0) is 23.6 Å². The molecule has 19 heavy (non-hydrogen) atoms. The average molecular weight is 309 g/mol. The molecule has 0 saturated carbocycles. The van der Waals surface area contributed by atoms with Crippen LogP contribution in [0.4, 0.5) is 0 Å². The molecule has 110 valence electrons. The number of sulfonamides is 1. The molecule has 0 amide bonds. The van der Waals surface area contributed by atoms with Crippen molar-refractivity contribution in [2.24, 2.45) is 7.05 Å². The second-order valence-corrected chi connectivity index (χ2v) is 7.46. The van der Waals surface area contributed by atoms with E-state index in [9.17, 15) is 8.42 Å². The molecule has 8 heteroatoms. The van der Waals surface area contributed by atoms with Gasteiger partial charge in [-0.05, 0) is 20.8 Å². The number of nitrogens with one attached hydrogen (secondary N) is 2. The van der Waals surface area contributed by atoms with Crippen LogP contribution in [0.1, 0.15) is 25.2 Å². The topological polar surface area (TPSA) is 76.0 Å². The van der Waals surface area contributed by atoms with E-state index in [2.05, 4.69) is 15.1 Å². The highest BCUT2D eigenvalue weighted by molar-refractivity contribution is 7.88. The van der Waals surface area contributed by atoms with Crippen LogP contribution >= 0.6 is 11.6 Å². The highest BCUT2D eigenvalue weighted by Gasteiger charge is 2.22. The zero-order valence-electron chi connectivity index (χ0n) is 11.9. The van der Waals surface area contributed by atoms with Crippen molar-refractivity contribution in [1.29, 1.82) is 0 Å². The normalized spacial score (nSPS) is 12.9. The van der Waals surface area contributed by atoms with Gasteiger partial charge in [0.2, 0.25) is 10.0 Å². The smallest absolute Gasteiger partial charge is 0.209 e. The third-order valence-electron chi connectivity index (χ3n) is 2.58. The summed E-state index contributed by atoms with van der Waals surface area (Å²) in [6.07, 6.45) is 1.15. The predicted octanol–water partition coefficient (Wildman–Crippen LogP) is 0.799. The maximum atomic E-state index is 11.2. The van der Waals surface area contributed by atoms with Gasteiger partial charge in [-0.15, -0.1) is 0 Å². The van der Waals surface area contributed by atoms with Crippen molar-refractivity contribution in [1.82, 2.24) is 19.8 Å². The van der Waals surface area contributed by atoms with Gasteiger partial charge in [-0.25, -0.2) is 13.1 Å². The van der Waals surface area contributed by atoms with Gasteiger partial charge >= 0.3 is 0 Å². The van der Waals surface area contributed by atoms with E-state index in [-0.39, 0.29) is 0 Å². The van der Waals surface area contributed by atoms with Gasteiger partial charge in [0, 0.05) is 25.7 Å². The lowest BCUT2D eigenvalue weighted by Gasteiger charge is -2.25. The third kappa shape index (κ3) is 5.10. The number of hydrogen-bond acceptors (Lipinski definition) is 4. The molecule has 0 aliphatic rings. The fraction of sp³-hybridized carbons (Fsp3) is 0.727. The summed E-state index contributed by atoms with van der Waals surface area (Å²) < 4.78 is 26.7. The summed E-state index contributed by atoms with van der Waals surface area (Å²) in [5.41, 5.74) is 1.11. The highest BCUT2D eigenvalue weighted by Crippen LogP contribution is 2.19. The van der Waals surface area contributed by atoms with Crippen LogP contribution in [0.3, 0.4) is 0 Å². The Bertz CT molecular complexity index is 551. The Morgan fingerprint density at radius 1 is 1.42 bits per heavy atom. The Kier molecular flexibility index (Phi) is 5.00. The average Bonchev–Trinajstić information content (AvgIpc) is 2.40. The standard InChI is InChI=1S/C11H21ClN4O2S/c1-8-10(12)9(16(4)14-8)6-13-7-11(2,3)15-19(5,17)18/h13,15H,6-7H2,1-5H3. The first kappa shape index (κ1) is 16.4. The van der Waals surface area contributed by atoms with Gasteiger partial charge in [-0.2, -0.15) is 5.10 Å². The van der Waals surface area contributed by atoms with Crippen LogP contribution in [0.2, 0.25) is 5.02 Å². The van der Waals surface area contributed by atoms with Crippen molar-refractivity contribution in [3.05, 3.63) is 16.4 Å². The van der Waals surface area contributed by atoms with Crippen LogP contribution in [0.5, 0.6) is 0 Å². The summed E-state index contributed by atoms with van der Waals surface area (Å²) in [5, 5.41) is 8.05. The molecule has 0 aromatic carbocycles. The summed E-state index contributed by atoms with van der Waals surface area (Å²) in [6, 6.07) is 0. The zero-order valence-corrected chi connectivity index (χ0v) is 13.5. The monoisotopic (exact) mass is 308 g/mol. The van der Waals surface area contributed by atoms with E-state index in [1.807, 2.05) is 27.8 Å². The lowest BCUT2D eigenvalue weighted by atomic mass is 10.1. The van der Waals surface area contributed by atoms with E-state index >= 15 is 0 Å². The maximum Gasteiger partial charge on any atom is 0.209 e. The van der Waals surface area contributed by atoms with Crippen LogP contribution in [0.25, 0.3) is 0 Å². The van der Waals surface area contributed by atoms with E-state index in [4.69, 9.17) is 11.6 Å². The Balaban J connectivity index is 2.59. The molecule has 0 fully saturated rings. The van der Waals surface area contributed by atoms with E-state index in [1.165, 1.54) is 0 Å². The van der Waals surface area contributed by atoms with Crippen molar-refractivity contribution in [2.45, 2.75) is 32.9 Å². The van der Waals surface area contributed by atoms with Crippen molar-refractivity contribution in [2.75, 3.05) is 12.8 Å². The maximum absolute atomic E-state index is 11.2. The molecule has 2 N–H and O–H groups in total. The highest BCUT2D eigenvalue weighted by atomic mass is 35.5. The van der Waals surface area contributed by atoms with E-state index < -0.39 is 15.6 Å². The first-order chi connectivity index (χ1) is 8.52. The van der Waals surface area contributed by atoms with Crippen molar-refractivity contribution < 1.29 is 8.42 Å². The number of nitrogens with zero attached hydrogens (tertiary/aromatic N) is 2. The SMILES string of the molecule is Cc1nn(C)c(CNCC(C)(C)NS(C)(=O)=O)c1Cl. The van der Waals surface area contributed by atoms with Crippen molar-refractivity contribution in [3.8, 4) is 0 Å². The Labute approximate surface area is 119 Å². The minimum Gasteiger partial charge on any atom is -0.309 e. The Morgan fingerprint density at radius 2 is 2.00 bits per heavy atom. The van der Waals surface area contributed by atoms with Gasteiger partial charge in [0.05, 0.1) is 22.7 Å². The second kappa shape index (κ2) is 5.78. The molecule has 0 atom stereocenters. The Morgan fingerprint density at radius 3 is 2.42 bits per heavy atom. The van der Waals surface area contributed by atoms with Crippen LogP contribution in [0, 0.1) is 6.92 Å². The van der Waals surface area contributed by atoms with Crippen LogP contribution < -0.4 is 10.0 Å². The minimum atomic E-state index is -3.22. The second-order valence-electron chi connectivity index (χ2n) is 5.33. The molecule has 0 spiro atoms. The van der Waals surface area contributed by atoms with Gasteiger partial charge in [-0.3, -0.25) is 4.68 Å². The van der Waals surface area contributed by atoms with E-state index in [0.717, 1.165) is 17.6 Å². The number of aryl methyl sites for hydroxylation is 2. The van der Waals surface area contributed by atoms with E-state index in [1.54, 1.807) is 4.68 Å². The molecule has 0 unspecified atom stereocenters. The van der Waals surface area contributed by atoms with Crippen molar-refractivity contribution in [3.63, 3.8) is 0 Å². The Hall–Kier alpha value is -0.630. The van der Waals surface area contributed by atoms with Gasteiger partial charge in [0.25, 0.3) is 0 Å². The largest absolute Gasteiger partial charge is 0.309 e. The van der Waals surface area contributed by atoms with Gasteiger partial charge in [0.1, 0.15) is 0 Å². The summed E-state index contributed by atoms with van der Waals surface area (Å²) in [7, 11) is -1.39. The molecule has 1 rings (SSSR count). The fourth-order valence-electron chi connectivity index (χ4n) is 1.90. The summed E-state index contributed by atoms with van der Waals surface area (Å²) in [4.78, 5) is 0. The molecule has 1 heterocycles. The van der Waals surface area contributed by atoms with E-state index in [0.29, 0.717) is 18.1 Å². The number of hydrogen-bond donors (Lipinski definition) is 2. The summed E-state index contributed by atoms with van der Waals surface area (Å²) in [6.45, 7) is 6.50. The van der Waals surface area contributed by atoms with Crippen molar-refractivity contribution >= 4 is 21.6 Å². The van der Waals surface area contributed by atoms with Crippen LogP contribution in [0.15, 0.2) is 0 Å². The molecule has 0 aliphatic heterocycles. The zero-order chi connectivity index (χ0) is 14.8. The lowest BCUT2D eigenvalue weighted by Crippen LogP contribution is -2.49. The minimum absolute atomic E-state index is 0.487. The van der Waals surface area contributed by atoms with Gasteiger partial charge < -0.3 is 5.32 Å². The molecule has 0 radical (unpaired) electrons. The lowest BCUT2D eigenvalue weighted by molar-refractivity contribution is 0.417. The first-order valence-corrected chi connectivity index (χ1v) is 8.16. The predicted molar refractivity (Wildman–Crippen MR) is 76.7 cm³/mol. The molecule has 6 nitrogen and oxygen atoms in total. The number of aromatic nitrogens is 2. The van der Waals surface area contributed by atoms with Crippen LogP contribution in [-0.4, -0.2) is 36.5 Å². The van der Waals surface area contributed by atoms with Gasteiger partial charge in [-0.1, -0.05) is 11.6 Å². The first-order valence-electron chi connectivity index (χ1n) is 5.89. The molecule has 1 aromatic rings. The molecule has 0 aliphatic carbocycles. The van der Waals surface area contributed by atoms with Gasteiger partial charge in [0.15, 0.2) is 0 Å². The third-order valence-corrected chi connectivity index (χ3v) is 4.00. The summed E-state index contributed by atoms with van der Waals surface area (Å²) >= 11 is 6.14. The fourth-order valence-corrected chi connectivity index (χ4v) is 3.21. The number of halogens is 1. The number of rotatable bonds is 6. The summed E-state index contributed by atoms with van der Waals surface area (Å²) in [5.74, 6) is 0.